The van der Waals surface area contributed by atoms with E-state index in [1.165, 1.54) is 11.9 Å². The molecule has 0 aliphatic heterocycles. The van der Waals surface area contributed by atoms with Crippen LogP contribution >= 0.6 is 0 Å². The quantitative estimate of drug-likeness (QED) is 0.474. The molecular formula is C25H27N5O. The molecule has 0 aliphatic carbocycles. The normalized spacial score (nSPS) is 11.7. The van der Waals surface area contributed by atoms with Crippen LogP contribution in [0.5, 0.6) is 0 Å². The van der Waals surface area contributed by atoms with Gasteiger partial charge in [0.1, 0.15) is 23.6 Å². The number of ketones is 1. The molecule has 0 saturated heterocycles. The van der Waals surface area contributed by atoms with Crippen molar-refractivity contribution in [2.24, 2.45) is 0 Å². The summed E-state index contributed by atoms with van der Waals surface area (Å²) < 4.78 is 1.89. The SMILES string of the molecule is Cc1ccc(-c2nn(C(C)(C)CCC(=O)Cc3ccccc3)c3ncnc(N)c23)cc1. The Balaban J connectivity index is 1.64. The molecule has 0 spiro atoms. The summed E-state index contributed by atoms with van der Waals surface area (Å²) in [6, 6.07) is 18.0. The summed E-state index contributed by atoms with van der Waals surface area (Å²) in [4.78, 5) is 21.3. The van der Waals surface area contributed by atoms with Gasteiger partial charge in [-0.1, -0.05) is 60.2 Å². The number of anilines is 1. The first-order chi connectivity index (χ1) is 14.8. The lowest BCUT2D eigenvalue weighted by Gasteiger charge is -2.25. The summed E-state index contributed by atoms with van der Waals surface area (Å²) in [5, 5.41) is 5.65. The van der Waals surface area contributed by atoms with Crippen molar-refractivity contribution >= 4 is 22.6 Å². The second-order valence-electron chi connectivity index (χ2n) is 8.60. The zero-order valence-corrected chi connectivity index (χ0v) is 18.2. The van der Waals surface area contributed by atoms with Crippen LogP contribution in [0.3, 0.4) is 0 Å². The van der Waals surface area contributed by atoms with Crippen LogP contribution in [0.15, 0.2) is 60.9 Å². The number of nitrogen functional groups attached to an aromatic ring is 1. The van der Waals surface area contributed by atoms with Crippen LogP contribution in [0.2, 0.25) is 0 Å². The number of hydrogen-bond acceptors (Lipinski definition) is 5. The minimum atomic E-state index is -0.422. The van der Waals surface area contributed by atoms with E-state index in [1.807, 2.05) is 66.2 Å². The number of aromatic nitrogens is 4. The number of nitrogens with two attached hydrogens (primary N) is 1. The Morgan fingerprint density at radius 3 is 2.45 bits per heavy atom. The van der Waals surface area contributed by atoms with Crippen molar-refractivity contribution in [1.29, 1.82) is 0 Å². The van der Waals surface area contributed by atoms with Gasteiger partial charge in [0.2, 0.25) is 0 Å². The van der Waals surface area contributed by atoms with Gasteiger partial charge in [0.25, 0.3) is 0 Å². The molecule has 0 bridgehead atoms. The number of carbonyl (C=O) groups excluding carboxylic acids is 1. The molecule has 2 aromatic carbocycles. The molecule has 2 aromatic heterocycles. The monoisotopic (exact) mass is 413 g/mol. The third-order valence-electron chi connectivity index (χ3n) is 5.65. The van der Waals surface area contributed by atoms with Gasteiger partial charge in [0, 0.05) is 18.4 Å². The highest BCUT2D eigenvalue weighted by Crippen LogP contribution is 2.34. The Bertz CT molecular complexity index is 1210. The maximum absolute atomic E-state index is 12.6. The van der Waals surface area contributed by atoms with Crippen LogP contribution in [0.4, 0.5) is 5.82 Å². The first kappa shape index (κ1) is 20.7. The predicted octanol–water partition coefficient (Wildman–Crippen LogP) is 4.71. The lowest BCUT2D eigenvalue weighted by Crippen LogP contribution is -2.29. The van der Waals surface area contributed by atoms with Crippen molar-refractivity contribution in [2.45, 2.75) is 45.6 Å². The van der Waals surface area contributed by atoms with Gasteiger partial charge in [-0.2, -0.15) is 5.10 Å². The van der Waals surface area contributed by atoms with Crippen LogP contribution in [-0.4, -0.2) is 25.5 Å². The molecule has 4 rings (SSSR count). The fourth-order valence-corrected chi connectivity index (χ4v) is 3.77. The van der Waals surface area contributed by atoms with Gasteiger partial charge in [-0.15, -0.1) is 0 Å². The molecule has 6 heteroatoms. The molecule has 0 amide bonds. The second-order valence-corrected chi connectivity index (χ2v) is 8.60. The number of fused-ring (bicyclic) bond motifs is 1. The predicted molar refractivity (Wildman–Crippen MR) is 124 cm³/mol. The number of Topliss-reactive ketones (excluding diaryl/α,β-unsaturated/α-hetero) is 1. The fourth-order valence-electron chi connectivity index (χ4n) is 3.77. The van der Waals surface area contributed by atoms with Crippen molar-refractivity contribution in [2.75, 3.05) is 5.73 Å². The van der Waals surface area contributed by atoms with E-state index in [1.54, 1.807) is 0 Å². The van der Waals surface area contributed by atoms with Gasteiger partial charge in [-0.05, 0) is 32.8 Å². The molecule has 0 saturated carbocycles. The van der Waals surface area contributed by atoms with Gasteiger partial charge in [-0.3, -0.25) is 4.79 Å². The highest BCUT2D eigenvalue weighted by atomic mass is 16.1. The summed E-state index contributed by atoms with van der Waals surface area (Å²) in [5.41, 5.74) is 10.4. The summed E-state index contributed by atoms with van der Waals surface area (Å²) in [6.45, 7) is 6.20. The average molecular weight is 414 g/mol. The van der Waals surface area contributed by atoms with Crippen LogP contribution < -0.4 is 5.73 Å². The Hall–Kier alpha value is -3.54. The number of carbonyl (C=O) groups is 1. The Kier molecular flexibility index (Phi) is 5.55. The van der Waals surface area contributed by atoms with Crippen LogP contribution in [0, 0.1) is 6.92 Å². The van der Waals surface area contributed by atoms with Gasteiger partial charge in [0.05, 0.1) is 10.9 Å². The topological polar surface area (TPSA) is 86.7 Å². The van der Waals surface area contributed by atoms with Crippen LogP contribution in [-0.2, 0) is 16.8 Å². The van der Waals surface area contributed by atoms with E-state index < -0.39 is 5.54 Å². The molecule has 2 heterocycles. The van der Waals surface area contributed by atoms with Crippen LogP contribution in [0.25, 0.3) is 22.3 Å². The molecule has 0 fully saturated rings. The number of nitrogens with zero attached hydrogens (tertiary/aromatic N) is 4. The van der Waals surface area contributed by atoms with E-state index in [0.717, 1.165) is 22.2 Å². The lowest BCUT2D eigenvalue weighted by molar-refractivity contribution is -0.118. The van der Waals surface area contributed by atoms with Gasteiger partial charge in [-0.25, -0.2) is 14.6 Å². The minimum Gasteiger partial charge on any atom is -0.383 e. The summed E-state index contributed by atoms with van der Waals surface area (Å²) in [5.74, 6) is 0.617. The number of aryl methyl sites for hydroxylation is 1. The average Bonchev–Trinajstić information content (AvgIpc) is 3.16. The fraction of sp³-hybridized carbons (Fsp3) is 0.280. The standard InChI is InChI=1S/C25H27N5O/c1-17-9-11-19(12-10-17)22-21-23(26)27-16-28-24(21)30(29-22)25(2,3)14-13-20(31)15-18-7-5-4-6-8-18/h4-12,16H,13-15H2,1-3H3,(H2,26,27,28). The molecule has 0 aliphatic rings. The van der Waals surface area contributed by atoms with Crippen molar-refractivity contribution in [3.63, 3.8) is 0 Å². The molecule has 0 radical (unpaired) electrons. The number of hydrogen-bond donors (Lipinski definition) is 1. The highest BCUT2D eigenvalue weighted by Gasteiger charge is 2.28. The zero-order chi connectivity index (χ0) is 22.0. The van der Waals surface area contributed by atoms with Gasteiger partial charge >= 0.3 is 0 Å². The Morgan fingerprint density at radius 1 is 1.03 bits per heavy atom. The third kappa shape index (κ3) is 4.33. The summed E-state index contributed by atoms with van der Waals surface area (Å²) in [7, 11) is 0. The maximum atomic E-state index is 12.6. The molecule has 0 unspecified atom stereocenters. The molecule has 2 N–H and O–H groups in total. The largest absolute Gasteiger partial charge is 0.383 e. The minimum absolute atomic E-state index is 0.212. The third-order valence-corrected chi connectivity index (χ3v) is 5.65. The van der Waals surface area contributed by atoms with E-state index in [9.17, 15) is 4.79 Å². The van der Waals surface area contributed by atoms with E-state index in [-0.39, 0.29) is 5.78 Å². The van der Waals surface area contributed by atoms with E-state index in [4.69, 9.17) is 10.8 Å². The van der Waals surface area contributed by atoms with Crippen LogP contribution in [0.1, 0.15) is 37.8 Å². The maximum Gasteiger partial charge on any atom is 0.164 e. The molecule has 6 nitrogen and oxygen atoms in total. The highest BCUT2D eigenvalue weighted by molar-refractivity contribution is 5.98. The molecule has 0 atom stereocenters. The van der Waals surface area contributed by atoms with E-state index in [2.05, 4.69) is 23.8 Å². The molecule has 31 heavy (non-hydrogen) atoms. The van der Waals surface area contributed by atoms with Crippen molar-refractivity contribution in [3.05, 3.63) is 72.1 Å². The van der Waals surface area contributed by atoms with Gasteiger partial charge in [0.15, 0.2) is 5.65 Å². The number of rotatable bonds is 7. The number of benzene rings is 2. The van der Waals surface area contributed by atoms with E-state index in [0.29, 0.717) is 30.7 Å². The Morgan fingerprint density at radius 2 is 1.74 bits per heavy atom. The Labute approximate surface area is 182 Å². The van der Waals surface area contributed by atoms with Crippen molar-refractivity contribution in [1.82, 2.24) is 19.7 Å². The first-order valence-electron chi connectivity index (χ1n) is 10.5. The second kappa shape index (κ2) is 8.30. The summed E-state index contributed by atoms with van der Waals surface area (Å²) in [6.07, 6.45) is 3.02. The molecular weight excluding hydrogens is 386 g/mol. The summed E-state index contributed by atoms with van der Waals surface area (Å²) >= 11 is 0. The van der Waals surface area contributed by atoms with Gasteiger partial charge < -0.3 is 5.73 Å². The first-order valence-corrected chi connectivity index (χ1v) is 10.5. The van der Waals surface area contributed by atoms with E-state index >= 15 is 0 Å². The van der Waals surface area contributed by atoms with Crippen molar-refractivity contribution < 1.29 is 4.79 Å². The molecule has 158 valence electrons. The zero-order valence-electron chi connectivity index (χ0n) is 18.2. The lowest BCUT2D eigenvalue weighted by atomic mass is 9.95. The van der Waals surface area contributed by atoms with Crippen molar-refractivity contribution in [3.8, 4) is 11.3 Å². The smallest absolute Gasteiger partial charge is 0.164 e. The molecule has 4 aromatic rings.